The molecule has 0 aromatic carbocycles. The van der Waals surface area contributed by atoms with Gasteiger partial charge in [-0.1, -0.05) is 13.8 Å². The molecule has 0 fully saturated rings. The Bertz CT molecular complexity index is 343. The molecule has 0 aromatic rings. The minimum absolute atomic E-state index is 0.0695. The summed E-state index contributed by atoms with van der Waals surface area (Å²) in [5, 5.41) is 20.3. The van der Waals surface area contributed by atoms with Crippen molar-refractivity contribution in [2.24, 2.45) is 0 Å². The molecule has 0 heterocycles. The zero-order valence-corrected chi connectivity index (χ0v) is 12.7. The summed E-state index contributed by atoms with van der Waals surface area (Å²) in [7, 11) is -3.37. The van der Waals surface area contributed by atoms with Crippen LogP contribution in [0.2, 0.25) is 0 Å². The molecule has 0 aromatic heterocycles. The summed E-state index contributed by atoms with van der Waals surface area (Å²) in [6.07, 6.45) is 0. The molecule has 0 bridgehead atoms. The van der Waals surface area contributed by atoms with Crippen LogP contribution in [0, 0.1) is 0 Å². The summed E-state index contributed by atoms with van der Waals surface area (Å²) >= 11 is 0. The van der Waals surface area contributed by atoms with Crippen molar-refractivity contribution in [1.29, 1.82) is 0 Å². The first-order valence-corrected chi connectivity index (χ1v) is 8.02. The van der Waals surface area contributed by atoms with Crippen LogP contribution < -0.4 is 5.32 Å². The molecule has 114 valence electrons. The SMILES string of the molecule is CC.CC(C(=O)O)N(O)C(=O)CNC(C)P(C)(=O)O. The van der Waals surface area contributed by atoms with Crippen LogP contribution in [-0.4, -0.2) is 57.2 Å². The number of aliphatic carboxylic acids is 1. The van der Waals surface area contributed by atoms with Crippen molar-refractivity contribution in [1.82, 2.24) is 10.4 Å². The Labute approximate surface area is 112 Å². The zero-order chi connectivity index (χ0) is 15.8. The van der Waals surface area contributed by atoms with E-state index < -0.39 is 37.6 Å². The molecule has 3 atom stereocenters. The standard InChI is InChI=1S/C8H17N2O6P.C2H6/c1-5(8(12)13)10(14)7(11)4-9-6(2)17(3,15)16;1-2/h5-6,9,14H,4H2,1-3H3,(H,12,13)(H,15,16);1-2H3. The van der Waals surface area contributed by atoms with Crippen molar-refractivity contribution < 1.29 is 29.4 Å². The van der Waals surface area contributed by atoms with E-state index in [4.69, 9.17) is 10.00 Å². The molecule has 0 rings (SSSR count). The third kappa shape index (κ3) is 7.94. The monoisotopic (exact) mass is 298 g/mol. The van der Waals surface area contributed by atoms with Crippen LogP contribution in [0.15, 0.2) is 0 Å². The lowest BCUT2D eigenvalue weighted by molar-refractivity contribution is -0.183. The van der Waals surface area contributed by atoms with E-state index in [9.17, 15) is 19.4 Å². The van der Waals surface area contributed by atoms with Gasteiger partial charge in [-0.3, -0.25) is 19.9 Å². The predicted molar refractivity (Wildman–Crippen MR) is 70.3 cm³/mol. The quantitative estimate of drug-likeness (QED) is 0.320. The number of carbonyl (C=O) groups is 2. The molecule has 1 amide bonds. The largest absolute Gasteiger partial charge is 0.480 e. The zero-order valence-electron chi connectivity index (χ0n) is 11.8. The van der Waals surface area contributed by atoms with E-state index in [1.165, 1.54) is 6.92 Å². The van der Waals surface area contributed by atoms with Gasteiger partial charge >= 0.3 is 5.97 Å². The number of carboxylic acids is 1. The number of nitrogens with zero attached hydrogens (tertiary/aromatic N) is 1. The second-order valence-corrected chi connectivity index (χ2v) is 6.41. The third-order valence-corrected chi connectivity index (χ3v) is 3.87. The highest BCUT2D eigenvalue weighted by Gasteiger charge is 2.26. The van der Waals surface area contributed by atoms with Gasteiger partial charge in [0.25, 0.3) is 5.91 Å². The van der Waals surface area contributed by atoms with Gasteiger partial charge in [0.05, 0.1) is 12.3 Å². The van der Waals surface area contributed by atoms with Gasteiger partial charge in [-0.15, -0.1) is 0 Å². The van der Waals surface area contributed by atoms with E-state index in [0.717, 1.165) is 13.6 Å². The van der Waals surface area contributed by atoms with Crippen LogP contribution in [0.1, 0.15) is 27.7 Å². The summed E-state index contributed by atoms with van der Waals surface area (Å²) < 4.78 is 11.2. The summed E-state index contributed by atoms with van der Waals surface area (Å²) in [6, 6.07) is -1.37. The van der Waals surface area contributed by atoms with Gasteiger partial charge in [0.2, 0.25) is 7.37 Å². The van der Waals surface area contributed by atoms with Gasteiger partial charge in [-0.05, 0) is 13.8 Å². The Hall–Kier alpha value is -0.950. The van der Waals surface area contributed by atoms with E-state index >= 15 is 0 Å². The van der Waals surface area contributed by atoms with Crippen molar-refractivity contribution in [3.63, 3.8) is 0 Å². The highest BCUT2D eigenvalue weighted by atomic mass is 31.2. The van der Waals surface area contributed by atoms with Crippen molar-refractivity contribution in [3.05, 3.63) is 0 Å². The Balaban J connectivity index is 0. The predicted octanol–water partition coefficient (Wildman–Crippen LogP) is 0.539. The van der Waals surface area contributed by atoms with E-state index in [2.05, 4.69) is 5.32 Å². The highest BCUT2D eigenvalue weighted by Crippen LogP contribution is 2.39. The summed E-state index contributed by atoms with van der Waals surface area (Å²) in [4.78, 5) is 30.9. The van der Waals surface area contributed by atoms with Crippen LogP contribution >= 0.6 is 7.37 Å². The second-order valence-electron chi connectivity index (χ2n) is 3.75. The number of nitrogens with one attached hydrogen (secondary N) is 1. The van der Waals surface area contributed by atoms with Gasteiger partial charge < -0.3 is 10.00 Å². The van der Waals surface area contributed by atoms with Crippen LogP contribution in [-0.2, 0) is 14.2 Å². The molecule has 0 aliphatic rings. The molecular formula is C10H23N2O6P. The first kappa shape index (κ1) is 20.4. The molecule has 0 radical (unpaired) electrons. The number of amides is 1. The molecule has 0 aliphatic carbocycles. The molecule has 0 saturated heterocycles. The maximum Gasteiger partial charge on any atom is 0.328 e. The third-order valence-electron chi connectivity index (χ3n) is 2.25. The maximum absolute atomic E-state index is 11.3. The van der Waals surface area contributed by atoms with Crippen LogP contribution in [0.25, 0.3) is 0 Å². The Morgan fingerprint density at radius 2 is 1.74 bits per heavy atom. The number of hydrogen-bond acceptors (Lipinski definition) is 5. The fourth-order valence-corrected chi connectivity index (χ4v) is 1.24. The number of hydroxylamine groups is 2. The number of rotatable bonds is 6. The Kier molecular flexibility index (Phi) is 9.68. The van der Waals surface area contributed by atoms with E-state index in [1.54, 1.807) is 0 Å². The molecule has 0 saturated carbocycles. The van der Waals surface area contributed by atoms with Crippen LogP contribution in [0.3, 0.4) is 0 Å². The van der Waals surface area contributed by atoms with Crippen molar-refractivity contribution in [2.45, 2.75) is 39.5 Å². The smallest absolute Gasteiger partial charge is 0.328 e. The first-order valence-electron chi connectivity index (χ1n) is 5.84. The normalized spacial score (nSPS) is 16.4. The molecule has 8 nitrogen and oxygen atoms in total. The van der Waals surface area contributed by atoms with Crippen molar-refractivity contribution in [3.8, 4) is 0 Å². The second kappa shape index (κ2) is 9.03. The highest BCUT2D eigenvalue weighted by molar-refractivity contribution is 7.57. The van der Waals surface area contributed by atoms with Gasteiger partial charge in [0.1, 0.15) is 0 Å². The maximum atomic E-state index is 11.3. The van der Waals surface area contributed by atoms with Crippen molar-refractivity contribution in [2.75, 3.05) is 13.2 Å². The van der Waals surface area contributed by atoms with Gasteiger partial charge in [0, 0.05) is 6.66 Å². The summed E-state index contributed by atoms with van der Waals surface area (Å²) in [6.45, 7) is 7.26. The minimum atomic E-state index is -3.37. The van der Waals surface area contributed by atoms with Gasteiger partial charge in [-0.25, -0.2) is 9.86 Å². The number of carbonyl (C=O) groups excluding carboxylic acids is 1. The Morgan fingerprint density at radius 3 is 2.05 bits per heavy atom. The fourth-order valence-electron chi connectivity index (χ4n) is 0.806. The molecule has 0 aliphatic heterocycles. The lowest BCUT2D eigenvalue weighted by Crippen LogP contribution is -2.46. The summed E-state index contributed by atoms with van der Waals surface area (Å²) in [5.41, 5.74) is 0. The van der Waals surface area contributed by atoms with Crippen molar-refractivity contribution >= 4 is 19.2 Å². The first-order chi connectivity index (χ1) is 8.57. The number of carboxylic acid groups (broad SMARTS) is 1. The topological polar surface area (TPSA) is 127 Å². The van der Waals surface area contributed by atoms with Crippen LogP contribution in [0.4, 0.5) is 0 Å². The molecule has 0 spiro atoms. The summed E-state index contributed by atoms with van der Waals surface area (Å²) in [5.74, 6) is -3.06. The molecule has 4 N–H and O–H groups in total. The van der Waals surface area contributed by atoms with E-state index in [-0.39, 0.29) is 5.06 Å². The Morgan fingerprint density at radius 1 is 1.32 bits per heavy atom. The average Bonchev–Trinajstić information content (AvgIpc) is 2.34. The van der Waals surface area contributed by atoms with Gasteiger partial charge in [0.15, 0.2) is 6.04 Å². The van der Waals surface area contributed by atoms with Crippen LogP contribution in [0.5, 0.6) is 0 Å². The number of hydrogen-bond donors (Lipinski definition) is 4. The lowest BCUT2D eigenvalue weighted by Gasteiger charge is -2.21. The lowest BCUT2D eigenvalue weighted by atomic mass is 10.3. The van der Waals surface area contributed by atoms with Gasteiger partial charge in [-0.2, -0.15) is 0 Å². The fraction of sp³-hybridized carbons (Fsp3) is 0.800. The average molecular weight is 298 g/mol. The minimum Gasteiger partial charge on any atom is -0.480 e. The van der Waals surface area contributed by atoms with E-state index in [0.29, 0.717) is 0 Å². The molecule has 9 heteroatoms. The van der Waals surface area contributed by atoms with E-state index in [1.807, 2.05) is 13.8 Å². The molecule has 3 unspecified atom stereocenters. The molecular weight excluding hydrogens is 275 g/mol. The molecule has 19 heavy (non-hydrogen) atoms.